The highest BCUT2D eigenvalue weighted by atomic mass is 79.9. The van der Waals surface area contributed by atoms with Gasteiger partial charge in [0.1, 0.15) is 5.82 Å². The SMILES string of the molecule is Cc1cc(F)c(Br)c(C(C)CO)c1. The Labute approximate surface area is 85.7 Å². The van der Waals surface area contributed by atoms with Crippen molar-refractivity contribution >= 4 is 15.9 Å². The quantitative estimate of drug-likeness (QED) is 0.851. The zero-order valence-corrected chi connectivity index (χ0v) is 9.23. The molecule has 13 heavy (non-hydrogen) atoms. The van der Waals surface area contributed by atoms with Gasteiger partial charge in [0.25, 0.3) is 0 Å². The normalized spacial score (nSPS) is 13.0. The van der Waals surface area contributed by atoms with E-state index in [9.17, 15) is 4.39 Å². The Kier molecular flexibility index (Phi) is 3.45. The molecule has 1 aromatic rings. The Morgan fingerprint density at radius 1 is 1.54 bits per heavy atom. The molecule has 0 saturated heterocycles. The van der Waals surface area contributed by atoms with E-state index in [0.717, 1.165) is 11.1 Å². The summed E-state index contributed by atoms with van der Waals surface area (Å²) >= 11 is 3.17. The maximum Gasteiger partial charge on any atom is 0.137 e. The van der Waals surface area contributed by atoms with Crippen molar-refractivity contribution in [3.05, 3.63) is 33.5 Å². The maximum atomic E-state index is 13.2. The molecule has 0 heterocycles. The van der Waals surface area contributed by atoms with E-state index >= 15 is 0 Å². The van der Waals surface area contributed by atoms with Gasteiger partial charge in [-0.05, 0) is 40.0 Å². The Bertz CT molecular complexity index is 312. The van der Waals surface area contributed by atoms with Crippen LogP contribution in [0, 0.1) is 12.7 Å². The van der Waals surface area contributed by atoms with Crippen LogP contribution < -0.4 is 0 Å². The summed E-state index contributed by atoms with van der Waals surface area (Å²) in [5, 5.41) is 8.95. The molecule has 0 aliphatic heterocycles. The highest BCUT2D eigenvalue weighted by Gasteiger charge is 2.12. The van der Waals surface area contributed by atoms with Gasteiger partial charge in [0.05, 0.1) is 4.47 Å². The highest BCUT2D eigenvalue weighted by Crippen LogP contribution is 2.28. The number of benzene rings is 1. The van der Waals surface area contributed by atoms with E-state index in [1.165, 1.54) is 6.07 Å². The second kappa shape index (κ2) is 4.20. The van der Waals surface area contributed by atoms with Gasteiger partial charge in [0.15, 0.2) is 0 Å². The van der Waals surface area contributed by atoms with Gasteiger partial charge in [-0.25, -0.2) is 4.39 Å². The van der Waals surface area contributed by atoms with Gasteiger partial charge in [-0.2, -0.15) is 0 Å². The van der Waals surface area contributed by atoms with Crippen LogP contribution in [0.5, 0.6) is 0 Å². The Hall–Kier alpha value is -0.410. The Morgan fingerprint density at radius 2 is 2.15 bits per heavy atom. The predicted molar refractivity (Wildman–Crippen MR) is 54.3 cm³/mol. The molecule has 1 aromatic carbocycles. The van der Waals surface area contributed by atoms with Crippen LogP contribution >= 0.6 is 15.9 Å². The van der Waals surface area contributed by atoms with Crippen molar-refractivity contribution in [3.8, 4) is 0 Å². The molecule has 0 aromatic heterocycles. The first kappa shape index (κ1) is 10.7. The average Bonchev–Trinajstić information content (AvgIpc) is 2.10. The molecule has 1 N–H and O–H groups in total. The molecule has 0 aliphatic rings. The number of aliphatic hydroxyl groups is 1. The van der Waals surface area contributed by atoms with E-state index in [4.69, 9.17) is 5.11 Å². The molecule has 0 amide bonds. The minimum atomic E-state index is -0.268. The van der Waals surface area contributed by atoms with Crippen molar-refractivity contribution in [1.82, 2.24) is 0 Å². The van der Waals surface area contributed by atoms with E-state index < -0.39 is 0 Å². The minimum absolute atomic E-state index is 0.0293. The molecule has 3 heteroatoms. The van der Waals surface area contributed by atoms with Gasteiger partial charge in [-0.15, -0.1) is 0 Å². The fourth-order valence-corrected chi connectivity index (χ4v) is 1.83. The lowest BCUT2D eigenvalue weighted by atomic mass is 10.00. The molecule has 0 radical (unpaired) electrons. The number of rotatable bonds is 2. The number of aliphatic hydroxyl groups excluding tert-OH is 1. The molecule has 1 atom stereocenters. The van der Waals surface area contributed by atoms with E-state index in [-0.39, 0.29) is 18.3 Å². The maximum absolute atomic E-state index is 13.2. The molecule has 72 valence electrons. The molecule has 1 unspecified atom stereocenters. The zero-order valence-electron chi connectivity index (χ0n) is 7.64. The van der Waals surface area contributed by atoms with Gasteiger partial charge in [0, 0.05) is 12.5 Å². The van der Waals surface area contributed by atoms with Crippen molar-refractivity contribution < 1.29 is 9.50 Å². The third-order valence-electron chi connectivity index (χ3n) is 2.01. The van der Waals surface area contributed by atoms with Crippen molar-refractivity contribution in [3.63, 3.8) is 0 Å². The molecule has 0 bridgehead atoms. The van der Waals surface area contributed by atoms with Crippen molar-refractivity contribution in [2.75, 3.05) is 6.61 Å². The summed E-state index contributed by atoms with van der Waals surface area (Å²) in [7, 11) is 0. The molecule has 0 saturated carbocycles. The summed E-state index contributed by atoms with van der Waals surface area (Å²) in [5.41, 5.74) is 1.69. The van der Waals surface area contributed by atoms with Gasteiger partial charge in [-0.1, -0.05) is 13.0 Å². The molecule has 1 nitrogen and oxygen atoms in total. The number of aryl methyl sites for hydroxylation is 1. The summed E-state index contributed by atoms with van der Waals surface area (Å²) < 4.78 is 13.7. The van der Waals surface area contributed by atoms with Crippen LogP contribution in [0.4, 0.5) is 4.39 Å². The van der Waals surface area contributed by atoms with E-state index in [0.29, 0.717) is 4.47 Å². The van der Waals surface area contributed by atoms with Crippen LogP contribution in [-0.2, 0) is 0 Å². The number of hydrogen-bond donors (Lipinski definition) is 1. The van der Waals surface area contributed by atoms with Crippen LogP contribution in [0.2, 0.25) is 0 Å². The second-order valence-electron chi connectivity index (χ2n) is 3.23. The first-order chi connectivity index (χ1) is 6.06. The molecular formula is C10H12BrFO. The standard InChI is InChI=1S/C10H12BrFO/c1-6-3-8(7(2)5-13)10(11)9(12)4-6/h3-4,7,13H,5H2,1-2H3. The summed E-state index contributed by atoms with van der Waals surface area (Å²) in [6.45, 7) is 3.73. The van der Waals surface area contributed by atoms with Crippen LogP contribution in [0.1, 0.15) is 24.0 Å². The topological polar surface area (TPSA) is 20.2 Å². The lowest BCUT2D eigenvalue weighted by molar-refractivity contribution is 0.272. The van der Waals surface area contributed by atoms with Crippen molar-refractivity contribution in [1.29, 1.82) is 0 Å². The average molecular weight is 247 g/mol. The summed E-state index contributed by atoms with van der Waals surface area (Å²) in [6.07, 6.45) is 0. The molecule has 0 aliphatic carbocycles. The van der Waals surface area contributed by atoms with Crippen molar-refractivity contribution in [2.45, 2.75) is 19.8 Å². The van der Waals surface area contributed by atoms with Gasteiger partial charge < -0.3 is 5.11 Å². The minimum Gasteiger partial charge on any atom is -0.396 e. The molecule has 0 fully saturated rings. The zero-order chi connectivity index (χ0) is 10.0. The Morgan fingerprint density at radius 3 is 2.69 bits per heavy atom. The third kappa shape index (κ3) is 2.29. The third-order valence-corrected chi connectivity index (χ3v) is 2.84. The second-order valence-corrected chi connectivity index (χ2v) is 4.03. The molecular weight excluding hydrogens is 235 g/mol. The lowest BCUT2D eigenvalue weighted by Gasteiger charge is -2.12. The fourth-order valence-electron chi connectivity index (χ4n) is 1.21. The largest absolute Gasteiger partial charge is 0.396 e. The first-order valence-corrected chi connectivity index (χ1v) is 4.92. The van der Waals surface area contributed by atoms with Crippen LogP contribution in [0.3, 0.4) is 0 Å². The monoisotopic (exact) mass is 246 g/mol. The van der Waals surface area contributed by atoms with Crippen LogP contribution in [-0.4, -0.2) is 11.7 Å². The first-order valence-electron chi connectivity index (χ1n) is 4.12. The van der Waals surface area contributed by atoms with E-state index in [1.54, 1.807) is 0 Å². The highest BCUT2D eigenvalue weighted by molar-refractivity contribution is 9.10. The number of halogens is 2. The molecule has 1 rings (SSSR count). The summed E-state index contributed by atoms with van der Waals surface area (Å²) in [5.74, 6) is -0.306. The summed E-state index contributed by atoms with van der Waals surface area (Å²) in [6, 6.07) is 3.35. The molecule has 0 spiro atoms. The van der Waals surface area contributed by atoms with Crippen LogP contribution in [0.25, 0.3) is 0 Å². The smallest absolute Gasteiger partial charge is 0.137 e. The van der Waals surface area contributed by atoms with E-state index in [1.807, 2.05) is 19.9 Å². The lowest BCUT2D eigenvalue weighted by Crippen LogP contribution is -2.01. The van der Waals surface area contributed by atoms with Gasteiger partial charge in [0.2, 0.25) is 0 Å². The Balaban J connectivity index is 3.20. The van der Waals surface area contributed by atoms with Gasteiger partial charge >= 0.3 is 0 Å². The number of hydrogen-bond acceptors (Lipinski definition) is 1. The van der Waals surface area contributed by atoms with E-state index in [2.05, 4.69) is 15.9 Å². The predicted octanol–water partition coefficient (Wildman–Crippen LogP) is 2.99. The summed E-state index contributed by atoms with van der Waals surface area (Å²) in [4.78, 5) is 0. The van der Waals surface area contributed by atoms with Crippen molar-refractivity contribution in [2.24, 2.45) is 0 Å². The fraction of sp³-hybridized carbons (Fsp3) is 0.400. The van der Waals surface area contributed by atoms with Gasteiger partial charge in [-0.3, -0.25) is 0 Å². The van der Waals surface area contributed by atoms with Crippen LogP contribution in [0.15, 0.2) is 16.6 Å².